The van der Waals surface area contributed by atoms with Crippen LogP contribution in [0.15, 0.2) is 18.2 Å². The molecule has 0 aromatic heterocycles. The molecule has 1 fully saturated rings. The predicted molar refractivity (Wildman–Crippen MR) is 71.9 cm³/mol. The maximum atomic E-state index is 12.2. The quantitative estimate of drug-likeness (QED) is 0.885. The van der Waals surface area contributed by atoms with E-state index >= 15 is 0 Å². The predicted octanol–water partition coefficient (Wildman–Crippen LogP) is 2.68. The average Bonchev–Trinajstić information content (AvgIpc) is 2.82. The monoisotopic (exact) mass is 267 g/mol. The molecule has 1 saturated carbocycles. The molecule has 0 unspecified atom stereocenters. The van der Waals surface area contributed by atoms with Gasteiger partial charge in [-0.3, -0.25) is 4.79 Å². The van der Waals surface area contributed by atoms with Crippen LogP contribution < -0.4 is 5.32 Å². The molecule has 1 aromatic rings. The molecule has 4 heteroatoms. The number of aliphatic hydroxyl groups is 1. The lowest BCUT2D eigenvalue weighted by Gasteiger charge is -2.28. The van der Waals surface area contributed by atoms with Gasteiger partial charge < -0.3 is 10.4 Å². The van der Waals surface area contributed by atoms with Crippen LogP contribution in [0, 0.1) is 6.92 Å². The second-order valence-electron chi connectivity index (χ2n) is 5.06. The number of halogens is 1. The van der Waals surface area contributed by atoms with Crippen molar-refractivity contribution >= 4 is 17.5 Å². The third kappa shape index (κ3) is 2.68. The van der Waals surface area contributed by atoms with E-state index in [4.69, 9.17) is 11.6 Å². The first-order chi connectivity index (χ1) is 8.56. The smallest absolute Gasteiger partial charge is 0.251 e. The summed E-state index contributed by atoms with van der Waals surface area (Å²) >= 11 is 5.94. The maximum Gasteiger partial charge on any atom is 0.251 e. The number of amides is 1. The number of carbonyl (C=O) groups excluding carboxylic acids is 1. The Morgan fingerprint density at radius 3 is 2.67 bits per heavy atom. The van der Waals surface area contributed by atoms with Crippen LogP contribution in [0.25, 0.3) is 0 Å². The van der Waals surface area contributed by atoms with Crippen molar-refractivity contribution in [1.29, 1.82) is 0 Å². The number of rotatable bonds is 3. The van der Waals surface area contributed by atoms with Gasteiger partial charge >= 0.3 is 0 Å². The van der Waals surface area contributed by atoms with E-state index in [2.05, 4.69) is 5.32 Å². The molecule has 1 aliphatic rings. The van der Waals surface area contributed by atoms with Gasteiger partial charge in [0.1, 0.15) is 0 Å². The average molecular weight is 268 g/mol. The number of carbonyl (C=O) groups is 1. The van der Waals surface area contributed by atoms with Crippen LogP contribution in [0.1, 0.15) is 41.6 Å². The minimum Gasteiger partial charge on any atom is -0.394 e. The fraction of sp³-hybridized carbons (Fsp3) is 0.500. The minimum absolute atomic E-state index is 0.00527. The minimum atomic E-state index is -0.426. The Balaban J connectivity index is 2.13. The SMILES string of the molecule is Cc1cc(C(=O)NC2(CO)CCCC2)ccc1Cl. The lowest BCUT2D eigenvalue weighted by molar-refractivity contribution is 0.0838. The first-order valence-electron chi connectivity index (χ1n) is 6.26. The number of aliphatic hydroxyl groups excluding tert-OH is 1. The van der Waals surface area contributed by atoms with Gasteiger partial charge in [0.05, 0.1) is 12.1 Å². The molecule has 2 N–H and O–H groups in total. The molecule has 0 atom stereocenters. The van der Waals surface area contributed by atoms with Gasteiger partial charge in [0.25, 0.3) is 5.91 Å². The normalized spacial score (nSPS) is 17.7. The van der Waals surface area contributed by atoms with E-state index in [1.807, 2.05) is 6.92 Å². The molecule has 0 spiro atoms. The second kappa shape index (κ2) is 5.29. The summed E-state index contributed by atoms with van der Waals surface area (Å²) in [6, 6.07) is 5.22. The highest BCUT2D eigenvalue weighted by molar-refractivity contribution is 6.31. The van der Waals surface area contributed by atoms with Crippen LogP contribution in [0.5, 0.6) is 0 Å². The summed E-state index contributed by atoms with van der Waals surface area (Å²) in [5.74, 6) is -0.134. The van der Waals surface area contributed by atoms with Crippen LogP contribution in [0.3, 0.4) is 0 Å². The summed E-state index contributed by atoms with van der Waals surface area (Å²) in [7, 11) is 0. The first-order valence-corrected chi connectivity index (χ1v) is 6.64. The number of nitrogens with one attached hydrogen (secondary N) is 1. The van der Waals surface area contributed by atoms with Gasteiger partial charge in [-0.15, -0.1) is 0 Å². The Hall–Kier alpha value is -1.06. The molecule has 0 saturated heterocycles. The third-order valence-electron chi connectivity index (χ3n) is 3.66. The van der Waals surface area contributed by atoms with Gasteiger partial charge in [0.2, 0.25) is 0 Å². The number of hydrogen-bond donors (Lipinski definition) is 2. The third-order valence-corrected chi connectivity index (χ3v) is 4.09. The van der Waals surface area contributed by atoms with E-state index in [1.54, 1.807) is 18.2 Å². The summed E-state index contributed by atoms with van der Waals surface area (Å²) < 4.78 is 0. The zero-order valence-electron chi connectivity index (χ0n) is 10.5. The Morgan fingerprint density at radius 1 is 1.44 bits per heavy atom. The highest BCUT2D eigenvalue weighted by Crippen LogP contribution is 2.29. The van der Waals surface area contributed by atoms with E-state index in [0.29, 0.717) is 10.6 Å². The molecule has 1 amide bonds. The second-order valence-corrected chi connectivity index (χ2v) is 5.47. The lowest BCUT2D eigenvalue weighted by Crippen LogP contribution is -2.49. The van der Waals surface area contributed by atoms with Crippen molar-refractivity contribution in [2.75, 3.05) is 6.61 Å². The number of benzene rings is 1. The highest BCUT2D eigenvalue weighted by atomic mass is 35.5. The summed E-state index contributed by atoms with van der Waals surface area (Å²) in [5.41, 5.74) is 1.05. The molecule has 98 valence electrons. The molecular formula is C14H18ClNO2. The Morgan fingerprint density at radius 2 is 2.11 bits per heavy atom. The number of aryl methyl sites for hydroxylation is 1. The Kier molecular flexibility index (Phi) is 3.93. The molecule has 1 aliphatic carbocycles. The van der Waals surface area contributed by atoms with Crippen molar-refractivity contribution < 1.29 is 9.90 Å². The van der Waals surface area contributed by atoms with Crippen molar-refractivity contribution in [2.45, 2.75) is 38.1 Å². The zero-order valence-corrected chi connectivity index (χ0v) is 11.3. The largest absolute Gasteiger partial charge is 0.394 e. The van der Waals surface area contributed by atoms with Crippen LogP contribution in [-0.4, -0.2) is 23.2 Å². The van der Waals surface area contributed by atoms with Crippen LogP contribution in [-0.2, 0) is 0 Å². The van der Waals surface area contributed by atoms with Gasteiger partial charge in [-0.25, -0.2) is 0 Å². The molecule has 18 heavy (non-hydrogen) atoms. The van der Waals surface area contributed by atoms with Gasteiger partial charge in [-0.05, 0) is 43.5 Å². The van der Waals surface area contributed by atoms with Crippen molar-refractivity contribution in [3.05, 3.63) is 34.3 Å². The molecule has 3 nitrogen and oxygen atoms in total. The van der Waals surface area contributed by atoms with E-state index in [1.165, 1.54) is 0 Å². The molecule has 2 rings (SSSR count). The van der Waals surface area contributed by atoms with E-state index < -0.39 is 5.54 Å². The molecular weight excluding hydrogens is 250 g/mol. The molecule has 0 heterocycles. The molecule has 0 radical (unpaired) electrons. The maximum absolute atomic E-state index is 12.2. The molecule has 0 aliphatic heterocycles. The molecule has 1 aromatic carbocycles. The lowest BCUT2D eigenvalue weighted by atomic mass is 9.98. The fourth-order valence-electron chi connectivity index (χ4n) is 2.47. The summed E-state index contributed by atoms with van der Waals surface area (Å²) in [5, 5.41) is 13.1. The Bertz CT molecular complexity index is 453. The van der Waals surface area contributed by atoms with Gasteiger partial charge in [-0.1, -0.05) is 24.4 Å². The van der Waals surface area contributed by atoms with Crippen molar-refractivity contribution in [3.8, 4) is 0 Å². The van der Waals surface area contributed by atoms with Gasteiger partial charge in [0, 0.05) is 10.6 Å². The van der Waals surface area contributed by atoms with Crippen LogP contribution in [0.2, 0.25) is 5.02 Å². The van der Waals surface area contributed by atoms with Crippen molar-refractivity contribution in [2.24, 2.45) is 0 Å². The zero-order chi connectivity index (χ0) is 13.2. The molecule has 0 bridgehead atoms. The van der Waals surface area contributed by atoms with Gasteiger partial charge in [-0.2, -0.15) is 0 Å². The van der Waals surface area contributed by atoms with E-state index in [0.717, 1.165) is 31.2 Å². The number of hydrogen-bond acceptors (Lipinski definition) is 2. The Labute approximate surface area is 112 Å². The van der Waals surface area contributed by atoms with Crippen molar-refractivity contribution in [1.82, 2.24) is 5.32 Å². The van der Waals surface area contributed by atoms with Crippen LogP contribution in [0.4, 0.5) is 0 Å². The first kappa shape index (κ1) is 13.4. The summed E-state index contributed by atoms with van der Waals surface area (Å²) in [6.07, 6.45) is 3.81. The fourth-order valence-corrected chi connectivity index (χ4v) is 2.59. The van der Waals surface area contributed by atoms with Crippen LogP contribution >= 0.6 is 11.6 Å². The van der Waals surface area contributed by atoms with E-state index in [9.17, 15) is 9.90 Å². The van der Waals surface area contributed by atoms with Crippen molar-refractivity contribution in [3.63, 3.8) is 0 Å². The van der Waals surface area contributed by atoms with Gasteiger partial charge in [0.15, 0.2) is 0 Å². The van der Waals surface area contributed by atoms with E-state index in [-0.39, 0.29) is 12.5 Å². The summed E-state index contributed by atoms with van der Waals surface area (Å²) in [6.45, 7) is 1.88. The highest BCUT2D eigenvalue weighted by Gasteiger charge is 2.34. The topological polar surface area (TPSA) is 49.3 Å². The standard InChI is InChI=1S/C14H18ClNO2/c1-10-8-11(4-5-12(10)15)13(18)16-14(9-17)6-2-3-7-14/h4-5,8,17H,2-3,6-7,9H2,1H3,(H,16,18). The summed E-state index contributed by atoms with van der Waals surface area (Å²) in [4.78, 5) is 12.2.